The van der Waals surface area contributed by atoms with Gasteiger partial charge in [0.1, 0.15) is 5.76 Å². The number of ether oxygens (including phenoxy) is 2. The van der Waals surface area contributed by atoms with Gasteiger partial charge in [0.25, 0.3) is 0 Å². The van der Waals surface area contributed by atoms with Crippen molar-refractivity contribution in [2.45, 2.75) is 50.6 Å². The second kappa shape index (κ2) is 8.90. The Kier molecular flexibility index (Phi) is 6.10. The van der Waals surface area contributed by atoms with Crippen LogP contribution in [0.1, 0.15) is 37.0 Å². The molecule has 0 radical (unpaired) electrons. The third kappa shape index (κ3) is 5.01. The van der Waals surface area contributed by atoms with Crippen molar-refractivity contribution < 1.29 is 18.7 Å². The molecule has 1 aliphatic heterocycles. The number of hydrogen-bond donors (Lipinski definition) is 1. The lowest BCUT2D eigenvalue weighted by Gasteiger charge is -2.35. The summed E-state index contributed by atoms with van der Waals surface area (Å²) in [7, 11) is 0. The van der Waals surface area contributed by atoms with E-state index in [1.54, 1.807) is 6.26 Å². The Morgan fingerprint density at radius 2 is 1.79 bits per heavy atom. The first kappa shape index (κ1) is 19.2. The van der Waals surface area contributed by atoms with E-state index in [4.69, 9.17) is 13.9 Å². The monoisotopic (exact) mass is 384 g/mol. The van der Waals surface area contributed by atoms with Crippen LogP contribution in [0.2, 0.25) is 0 Å². The number of nitrogens with one attached hydrogen (secondary N) is 1. The molecule has 1 aliphatic carbocycles. The van der Waals surface area contributed by atoms with E-state index in [1.807, 2.05) is 30.3 Å². The molecular formula is C22H28N2O4. The molecule has 0 bridgehead atoms. The van der Waals surface area contributed by atoms with Gasteiger partial charge in [-0.15, -0.1) is 0 Å². The second-order valence-corrected chi connectivity index (χ2v) is 7.66. The molecule has 6 heteroatoms. The molecule has 1 aromatic carbocycles. The van der Waals surface area contributed by atoms with Crippen molar-refractivity contribution in [1.82, 2.24) is 10.2 Å². The summed E-state index contributed by atoms with van der Waals surface area (Å²) in [6.07, 6.45) is 5.14. The summed E-state index contributed by atoms with van der Waals surface area (Å²) in [5.74, 6) is 0.524. The molecule has 0 unspecified atom stereocenters. The molecule has 28 heavy (non-hydrogen) atoms. The fourth-order valence-corrected chi connectivity index (χ4v) is 4.10. The summed E-state index contributed by atoms with van der Waals surface area (Å²) in [4.78, 5) is 14.8. The number of hydrogen-bond acceptors (Lipinski definition) is 5. The van der Waals surface area contributed by atoms with Gasteiger partial charge in [-0.1, -0.05) is 30.3 Å². The number of carbonyl (C=O) groups excluding carboxylic acids is 1. The van der Waals surface area contributed by atoms with Crippen LogP contribution in [0.4, 0.5) is 0 Å². The lowest BCUT2D eigenvalue weighted by atomic mass is 9.90. The summed E-state index contributed by atoms with van der Waals surface area (Å²) >= 11 is 0. The van der Waals surface area contributed by atoms with Crippen LogP contribution in [0.5, 0.6) is 0 Å². The molecule has 6 nitrogen and oxygen atoms in total. The lowest BCUT2D eigenvalue weighted by Crippen LogP contribution is -2.46. The maximum Gasteiger partial charge on any atom is 0.234 e. The first-order valence-electron chi connectivity index (χ1n) is 10.1. The third-order valence-electron chi connectivity index (χ3n) is 5.50. The zero-order valence-corrected chi connectivity index (χ0v) is 16.1. The van der Waals surface area contributed by atoms with Crippen LogP contribution in [0.3, 0.4) is 0 Å². The van der Waals surface area contributed by atoms with E-state index in [-0.39, 0.29) is 17.7 Å². The number of rotatable bonds is 7. The van der Waals surface area contributed by atoms with Crippen LogP contribution >= 0.6 is 0 Å². The zero-order chi connectivity index (χ0) is 19.2. The highest BCUT2D eigenvalue weighted by molar-refractivity contribution is 5.78. The van der Waals surface area contributed by atoms with Crippen molar-refractivity contribution in [3.05, 3.63) is 60.1 Å². The van der Waals surface area contributed by atoms with Crippen LogP contribution in [-0.4, -0.2) is 42.4 Å². The van der Waals surface area contributed by atoms with E-state index in [2.05, 4.69) is 22.3 Å². The van der Waals surface area contributed by atoms with Crippen LogP contribution in [0.25, 0.3) is 0 Å². The molecule has 150 valence electrons. The summed E-state index contributed by atoms with van der Waals surface area (Å²) < 4.78 is 17.0. The summed E-state index contributed by atoms with van der Waals surface area (Å²) in [6, 6.07) is 14.2. The molecule has 1 amide bonds. The van der Waals surface area contributed by atoms with Crippen molar-refractivity contribution in [2.24, 2.45) is 0 Å². The molecule has 2 aromatic rings. The van der Waals surface area contributed by atoms with E-state index < -0.39 is 0 Å². The van der Waals surface area contributed by atoms with Crippen LogP contribution in [-0.2, 0) is 27.4 Å². The van der Waals surface area contributed by atoms with Crippen molar-refractivity contribution in [3.8, 4) is 0 Å². The molecule has 0 atom stereocenters. The third-order valence-corrected chi connectivity index (χ3v) is 5.50. The molecule has 2 fully saturated rings. The average molecular weight is 384 g/mol. The van der Waals surface area contributed by atoms with E-state index >= 15 is 0 Å². The minimum atomic E-state index is -0.389. The second-order valence-electron chi connectivity index (χ2n) is 7.66. The van der Waals surface area contributed by atoms with Crippen molar-refractivity contribution in [3.63, 3.8) is 0 Å². The quantitative estimate of drug-likeness (QED) is 0.795. The first-order chi connectivity index (χ1) is 13.7. The standard InChI is InChI=1S/C22H28N2O4/c25-21(23-19-8-10-22(11-9-19)27-13-14-28-22)17-24(16-20-7-4-12-26-20)15-18-5-2-1-3-6-18/h1-7,12,19H,8-11,13-17H2,(H,23,25). The lowest BCUT2D eigenvalue weighted by molar-refractivity contribution is -0.180. The van der Waals surface area contributed by atoms with E-state index in [0.717, 1.165) is 31.4 Å². The van der Waals surface area contributed by atoms with Gasteiger partial charge in [-0.3, -0.25) is 9.69 Å². The Hall–Kier alpha value is -2.15. The fraction of sp³-hybridized carbons (Fsp3) is 0.500. The normalized spacial score (nSPS) is 19.3. The highest BCUT2D eigenvalue weighted by Gasteiger charge is 2.40. The predicted molar refractivity (Wildman–Crippen MR) is 104 cm³/mol. The highest BCUT2D eigenvalue weighted by Crippen LogP contribution is 2.35. The Morgan fingerprint density at radius 3 is 2.46 bits per heavy atom. The predicted octanol–water partition coefficient (Wildman–Crippen LogP) is 3.08. The van der Waals surface area contributed by atoms with Crippen molar-refractivity contribution in [2.75, 3.05) is 19.8 Å². The minimum Gasteiger partial charge on any atom is -0.468 e. The Morgan fingerprint density at radius 1 is 1.04 bits per heavy atom. The van der Waals surface area contributed by atoms with Gasteiger partial charge in [0.05, 0.1) is 32.6 Å². The Balaban J connectivity index is 1.31. The van der Waals surface area contributed by atoms with E-state index in [1.165, 1.54) is 5.56 Å². The van der Waals surface area contributed by atoms with Gasteiger partial charge in [0.2, 0.25) is 5.91 Å². The van der Waals surface area contributed by atoms with Gasteiger partial charge < -0.3 is 19.2 Å². The van der Waals surface area contributed by atoms with Gasteiger partial charge in [0.15, 0.2) is 5.79 Å². The van der Waals surface area contributed by atoms with Gasteiger partial charge in [0, 0.05) is 25.4 Å². The molecular weight excluding hydrogens is 356 g/mol. The van der Waals surface area contributed by atoms with E-state index in [9.17, 15) is 4.79 Å². The molecule has 2 aliphatic rings. The molecule has 1 N–H and O–H groups in total. The number of carbonyl (C=O) groups is 1. The number of benzene rings is 1. The molecule has 1 saturated heterocycles. The van der Waals surface area contributed by atoms with Gasteiger partial charge >= 0.3 is 0 Å². The summed E-state index contributed by atoms with van der Waals surface area (Å²) in [5.41, 5.74) is 1.18. The topological polar surface area (TPSA) is 63.9 Å². The number of furan rings is 1. The minimum absolute atomic E-state index is 0.0525. The average Bonchev–Trinajstić information content (AvgIpc) is 3.37. The van der Waals surface area contributed by atoms with Crippen LogP contribution in [0.15, 0.2) is 53.1 Å². The maximum atomic E-state index is 12.7. The van der Waals surface area contributed by atoms with Gasteiger partial charge in [-0.2, -0.15) is 0 Å². The van der Waals surface area contributed by atoms with Crippen LogP contribution < -0.4 is 5.32 Å². The summed E-state index contributed by atoms with van der Waals surface area (Å²) in [6.45, 7) is 3.00. The smallest absolute Gasteiger partial charge is 0.234 e. The molecule has 1 spiro atoms. The van der Waals surface area contributed by atoms with Crippen LogP contribution in [0, 0.1) is 0 Å². The maximum absolute atomic E-state index is 12.7. The van der Waals surface area contributed by atoms with Gasteiger partial charge in [-0.25, -0.2) is 0 Å². The fourth-order valence-electron chi connectivity index (χ4n) is 4.10. The number of amides is 1. The molecule has 1 saturated carbocycles. The highest BCUT2D eigenvalue weighted by atomic mass is 16.7. The van der Waals surface area contributed by atoms with E-state index in [0.29, 0.717) is 32.8 Å². The Labute approximate surface area is 165 Å². The van der Waals surface area contributed by atoms with Crippen molar-refractivity contribution in [1.29, 1.82) is 0 Å². The SMILES string of the molecule is O=C(CN(Cc1ccccc1)Cc1ccco1)NC1CCC2(CC1)OCCO2. The number of nitrogens with zero attached hydrogens (tertiary/aromatic N) is 1. The Bertz CT molecular complexity index is 731. The summed E-state index contributed by atoms with van der Waals surface area (Å²) in [5, 5.41) is 3.20. The molecule has 1 aromatic heterocycles. The molecule has 2 heterocycles. The van der Waals surface area contributed by atoms with Gasteiger partial charge in [-0.05, 0) is 30.5 Å². The zero-order valence-electron chi connectivity index (χ0n) is 16.1. The first-order valence-corrected chi connectivity index (χ1v) is 10.1. The molecule has 4 rings (SSSR count). The van der Waals surface area contributed by atoms with Crippen molar-refractivity contribution >= 4 is 5.91 Å². The largest absolute Gasteiger partial charge is 0.468 e.